The molecule has 1 heterocycles. The number of hydrogen-bond donors (Lipinski definition) is 2. The van der Waals surface area contributed by atoms with Gasteiger partial charge in [-0.15, -0.1) is 0 Å². The average Bonchev–Trinajstić information content (AvgIpc) is 2.44. The summed E-state index contributed by atoms with van der Waals surface area (Å²) in [7, 11) is 1.80. The molecular weight excluding hydrogens is 178 g/mol. The van der Waals surface area contributed by atoms with Crippen LogP contribution in [0.15, 0.2) is 0 Å². The van der Waals surface area contributed by atoms with E-state index in [0.29, 0.717) is 11.9 Å². The molecule has 0 saturated carbocycles. The number of rotatable bonds is 5. The Hall–Kier alpha value is -1.10. The van der Waals surface area contributed by atoms with Crippen LogP contribution < -0.4 is 11.5 Å². The van der Waals surface area contributed by atoms with Crippen LogP contribution in [0.4, 0.5) is 5.95 Å². The summed E-state index contributed by atoms with van der Waals surface area (Å²) in [6, 6.07) is 0. The van der Waals surface area contributed by atoms with Crippen LogP contribution in [-0.4, -0.2) is 21.3 Å². The molecule has 1 unspecified atom stereocenters. The standard InChI is InChI=1S/C9H19N5/c1-7(5-6-10)3-4-8-12-9(11)14(2)13-8/h7H,3-6,10H2,1-2H3,(H2,11,12,13). The first-order valence-electron chi connectivity index (χ1n) is 4.99. The third kappa shape index (κ3) is 2.99. The third-order valence-electron chi connectivity index (χ3n) is 2.36. The van der Waals surface area contributed by atoms with Gasteiger partial charge in [-0.1, -0.05) is 6.92 Å². The van der Waals surface area contributed by atoms with Crippen LogP contribution in [0.1, 0.15) is 25.6 Å². The predicted octanol–water partition coefficient (Wildman–Crippen LogP) is 0.315. The zero-order chi connectivity index (χ0) is 10.6. The molecule has 0 aliphatic rings. The van der Waals surface area contributed by atoms with Crippen LogP contribution in [0.3, 0.4) is 0 Å². The molecule has 0 bridgehead atoms. The summed E-state index contributed by atoms with van der Waals surface area (Å²) in [5.41, 5.74) is 11.0. The molecule has 5 heteroatoms. The largest absolute Gasteiger partial charge is 0.368 e. The maximum absolute atomic E-state index is 5.58. The zero-order valence-electron chi connectivity index (χ0n) is 8.90. The van der Waals surface area contributed by atoms with Gasteiger partial charge in [-0.3, -0.25) is 0 Å². The summed E-state index contributed by atoms with van der Waals surface area (Å²) in [6.07, 6.45) is 3.01. The molecule has 0 aliphatic carbocycles. The summed E-state index contributed by atoms with van der Waals surface area (Å²) in [6.45, 7) is 2.94. The fourth-order valence-electron chi connectivity index (χ4n) is 1.36. The van der Waals surface area contributed by atoms with Crippen LogP contribution in [0.2, 0.25) is 0 Å². The Balaban J connectivity index is 2.38. The quantitative estimate of drug-likeness (QED) is 0.712. The third-order valence-corrected chi connectivity index (χ3v) is 2.36. The van der Waals surface area contributed by atoms with E-state index in [1.54, 1.807) is 11.7 Å². The lowest BCUT2D eigenvalue weighted by Crippen LogP contribution is -2.07. The zero-order valence-corrected chi connectivity index (χ0v) is 8.90. The van der Waals surface area contributed by atoms with E-state index in [1.165, 1.54) is 0 Å². The van der Waals surface area contributed by atoms with E-state index in [-0.39, 0.29) is 0 Å². The van der Waals surface area contributed by atoms with Gasteiger partial charge in [0.2, 0.25) is 5.95 Å². The van der Waals surface area contributed by atoms with Gasteiger partial charge < -0.3 is 11.5 Å². The maximum Gasteiger partial charge on any atom is 0.218 e. The minimum atomic E-state index is 0.478. The van der Waals surface area contributed by atoms with Crippen LogP contribution >= 0.6 is 0 Å². The lowest BCUT2D eigenvalue weighted by molar-refractivity contribution is 0.492. The molecule has 1 aromatic rings. The van der Waals surface area contributed by atoms with E-state index < -0.39 is 0 Å². The molecule has 4 N–H and O–H groups in total. The SMILES string of the molecule is CC(CCN)CCc1nc(N)n(C)n1. The second kappa shape index (κ2) is 4.95. The van der Waals surface area contributed by atoms with Crippen molar-refractivity contribution in [1.29, 1.82) is 0 Å². The predicted molar refractivity (Wildman–Crippen MR) is 56.6 cm³/mol. The monoisotopic (exact) mass is 197 g/mol. The molecule has 0 spiro atoms. The van der Waals surface area contributed by atoms with Crippen LogP contribution in [0.25, 0.3) is 0 Å². The van der Waals surface area contributed by atoms with E-state index in [9.17, 15) is 0 Å². The summed E-state index contributed by atoms with van der Waals surface area (Å²) in [4.78, 5) is 4.14. The molecule has 0 amide bonds. The Labute approximate surface area is 84.5 Å². The molecule has 1 rings (SSSR count). The minimum Gasteiger partial charge on any atom is -0.368 e. The molecule has 0 aromatic carbocycles. The Morgan fingerprint density at radius 3 is 2.64 bits per heavy atom. The summed E-state index contributed by atoms with van der Waals surface area (Å²) < 4.78 is 1.60. The van der Waals surface area contributed by atoms with Crippen molar-refractivity contribution >= 4 is 5.95 Å². The second-order valence-electron chi connectivity index (χ2n) is 3.73. The highest BCUT2D eigenvalue weighted by molar-refractivity contribution is 5.15. The van der Waals surface area contributed by atoms with E-state index in [2.05, 4.69) is 17.0 Å². The first-order chi connectivity index (χ1) is 6.63. The van der Waals surface area contributed by atoms with Gasteiger partial charge in [0, 0.05) is 13.5 Å². The Bertz CT molecular complexity index is 261. The second-order valence-corrected chi connectivity index (χ2v) is 3.73. The number of nitrogen functional groups attached to an aromatic ring is 1. The molecule has 1 atom stereocenters. The molecule has 14 heavy (non-hydrogen) atoms. The van der Waals surface area contributed by atoms with Crippen LogP contribution in [0.5, 0.6) is 0 Å². The van der Waals surface area contributed by atoms with Crippen LogP contribution in [-0.2, 0) is 13.5 Å². The van der Waals surface area contributed by atoms with Crippen molar-refractivity contribution in [2.24, 2.45) is 18.7 Å². The van der Waals surface area contributed by atoms with Gasteiger partial charge in [-0.25, -0.2) is 4.68 Å². The minimum absolute atomic E-state index is 0.478. The van der Waals surface area contributed by atoms with E-state index in [0.717, 1.165) is 31.6 Å². The highest BCUT2D eigenvalue weighted by Crippen LogP contribution is 2.10. The molecule has 0 saturated heterocycles. The fourth-order valence-corrected chi connectivity index (χ4v) is 1.36. The van der Waals surface area contributed by atoms with E-state index >= 15 is 0 Å². The number of nitrogens with zero attached hydrogens (tertiary/aromatic N) is 3. The van der Waals surface area contributed by atoms with E-state index in [4.69, 9.17) is 11.5 Å². The van der Waals surface area contributed by atoms with E-state index in [1.807, 2.05) is 0 Å². The molecule has 1 aromatic heterocycles. The molecular formula is C9H19N5. The normalized spacial score (nSPS) is 13.1. The van der Waals surface area contributed by atoms with Crippen molar-refractivity contribution in [3.05, 3.63) is 5.82 Å². The summed E-state index contributed by atoms with van der Waals surface area (Å²) >= 11 is 0. The van der Waals surface area contributed by atoms with Gasteiger partial charge >= 0.3 is 0 Å². The van der Waals surface area contributed by atoms with Crippen molar-refractivity contribution in [3.63, 3.8) is 0 Å². The van der Waals surface area contributed by atoms with Crippen molar-refractivity contribution < 1.29 is 0 Å². The van der Waals surface area contributed by atoms with Gasteiger partial charge in [0.1, 0.15) is 0 Å². The van der Waals surface area contributed by atoms with Crippen molar-refractivity contribution in [2.45, 2.75) is 26.2 Å². The van der Waals surface area contributed by atoms with Gasteiger partial charge in [0.05, 0.1) is 0 Å². The first-order valence-corrected chi connectivity index (χ1v) is 4.99. The van der Waals surface area contributed by atoms with Crippen molar-refractivity contribution in [3.8, 4) is 0 Å². The van der Waals surface area contributed by atoms with Gasteiger partial charge in [0.15, 0.2) is 5.82 Å². The van der Waals surface area contributed by atoms with Crippen LogP contribution in [0, 0.1) is 5.92 Å². The fraction of sp³-hybridized carbons (Fsp3) is 0.778. The molecule has 0 aliphatic heterocycles. The lowest BCUT2D eigenvalue weighted by Gasteiger charge is -2.06. The van der Waals surface area contributed by atoms with Crippen molar-refractivity contribution in [1.82, 2.24) is 14.8 Å². The van der Waals surface area contributed by atoms with Gasteiger partial charge in [-0.05, 0) is 25.3 Å². The van der Waals surface area contributed by atoms with Gasteiger partial charge in [0.25, 0.3) is 0 Å². The Kier molecular flexibility index (Phi) is 3.88. The lowest BCUT2D eigenvalue weighted by atomic mass is 10.0. The van der Waals surface area contributed by atoms with Gasteiger partial charge in [-0.2, -0.15) is 10.1 Å². The molecule has 0 radical (unpaired) electrons. The smallest absolute Gasteiger partial charge is 0.218 e. The average molecular weight is 197 g/mol. The van der Waals surface area contributed by atoms with Crippen molar-refractivity contribution in [2.75, 3.05) is 12.3 Å². The highest BCUT2D eigenvalue weighted by Gasteiger charge is 2.06. The molecule has 0 fully saturated rings. The number of aromatic nitrogens is 3. The molecule has 80 valence electrons. The summed E-state index contributed by atoms with van der Waals surface area (Å²) in [5.74, 6) is 1.94. The number of anilines is 1. The Morgan fingerprint density at radius 1 is 1.43 bits per heavy atom. The molecule has 5 nitrogen and oxygen atoms in total. The highest BCUT2D eigenvalue weighted by atomic mass is 15.4. The number of aryl methyl sites for hydroxylation is 2. The topological polar surface area (TPSA) is 82.7 Å². The first kappa shape index (κ1) is 11.0. The summed E-state index contributed by atoms with van der Waals surface area (Å²) in [5, 5.41) is 4.19. The number of hydrogen-bond acceptors (Lipinski definition) is 4. The number of nitrogens with two attached hydrogens (primary N) is 2. The Morgan fingerprint density at radius 2 is 2.14 bits per heavy atom. The maximum atomic E-state index is 5.58.